The Morgan fingerprint density at radius 1 is 1.25 bits per heavy atom. The third kappa shape index (κ3) is 2.70. The molecule has 0 spiro atoms. The van der Waals surface area contributed by atoms with Crippen LogP contribution in [0.25, 0.3) is 0 Å². The van der Waals surface area contributed by atoms with Gasteiger partial charge in [0, 0.05) is 12.1 Å². The molecule has 0 unspecified atom stereocenters. The van der Waals surface area contributed by atoms with Gasteiger partial charge in [-0.1, -0.05) is 13.8 Å². The number of Topliss-reactive ketones (excluding diaryl/α,β-unsaturated/α-hetero) is 1. The van der Waals surface area contributed by atoms with Gasteiger partial charge in [-0.2, -0.15) is 0 Å². The molecule has 1 N–H and O–H groups in total. The van der Waals surface area contributed by atoms with Crippen molar-refractivity contribution in [3.05, 3.63) is 24.3 Å². The zero-order chi connectivity index (χ0) is 17.6. The second-order valence-corrected chi connectivity index (χ2v) is 9.21. The van der Waals surface area contributed by atoms with Gasteiger partial charge in [0.1, 0.15) is 11.5 Å². The van der Waals surface area contributed by atoms with E-state index in [2.05, 4.69) is 4.72 Å². The van der Waals surface area contributed by atoms with Crippen molar-refractivity contribution in [1.29, 1.82) is 0 Å². The van der Waals surface area contributed by atoms with E-state index in [1.807, 2.05) is 20.8 Å². The van der Waals surface area contributed by atoms with Gasteiger partial charge < -0.3 is 4.74 Å². The van der Waals surface area contributed by atoms with E-state index >= 15 is 0 Å². The van der Waals surface area contributed by atoms with E-state index in [1.54, 1.807) is 24.3 Å². The molecule has 24 heavy (non-hydrogen) atoms. The van der Waals surface area contributed by atoms with Crippen molar-refractivity contribution in [3.63, 3.8) is 0 Å². The number of rotatable bonds is 6. The normalized spacial score (nSPS) is 28.1. The van der Waals surface area contributed by atoms with Crippen LogP contribution in [0.3, 0.4) is 0 Å². The van der Waals surface area contributed by atoms with E-state index in [4.69, 9.17) is 4.74 Å². The lowest BCUT2D eigenvalue weighted by Crippen LogP contribution is -2.43. The fraction of sp³-hybridized carbons (Fsp3) is 0.611. The van der Waals surface area contributed by atoms with Crippen molar-refractivity contribution in [3.8, 4) is 5.75 Å². The molecule has 1 aromatic carbocycles. The molecule has 6 heteroatoms. The number of hydrogen-bond acceptors (Lipinski definition) is 4. The summed E-state index contributed by atoms with van der Waals surface area (Å²) in [7, 11) is -3.60. The van der Waals surface area contributed by atoms with E-state index in [0.29, 0.717) is 36.8 Å². The first kappa shape index (κ1) is 17.3. The van der Waals surface area contributed by atoms with Crippen molar-refractivity contribution < 1.29 is 17.9 Å². The Balaban J connectivity index is 1.78. The van der Waals surface area contributed by atoms with Crippen LogP contribution in [0.5, 0.6) is 5.75 Å². The average molecular weight is 351 g/mol. The highest BCUT2D eigenvalue weighted by Gasteiger charge is 2.65. The first-order chi connectivity index (χ1) is 11.2. The molecule has 0 aliphatic heterocycles. The minimum absolute atomic E-state index is 0.112. The SMILES string of the molecule is CCOc1ccc(NS(=O)(=O)C[C@@]23CC[C@H](CC2=O)C3(C)C)cc1. The lowest BCUT2D eigenvalue weighted by atomic mass is 9.70. The number of carbonyl (C=O) groups is 1. The Kier molecular flexibility index (Phi) is 4.14. The first-order valence-corrected chi connectivity index (χ1v) is 10.1. The second-order valence-electron chi connectivity index (χ2n) is 7.49. The van der Waals surface area contributed by atoms with Crippen molar-refractivity contribution in [2.75, 3.05) is 17.1 Å². The molecule has 3 rings (SSSR count). The Hall–Kier alpha value is -1.56. The Bertz CT molecular complexity index is 739. The van der Waals surface area contributed by atoms with Gasteiger partial charge in [-0.25, -0.2) is 8.42 Å². The first-order valence-electron chi connectivity index (χ1n) is 8.47. The summed E-state index contributed by atoms with van der Waals surface area (Å²) >= 11 is 0. The molecular formula is C18H25NO4S. The number of fused-ring (bicyclic) bond motifs is 2. The van der Waals surface area contributed by atoms with Crippen LogP contribution in [0.2, 0.25) is 0 Å². The standard InChI is InChI=1S/C18H25NO4S/c1-4-23-15-7-5-14(6-8-15)19-24(21,22)12-18-10-9-13(11-16(18)20)17(18,2)3/h5-8,13,19H,4,9-12H2,1-3H3/t13-,18+/m1/s1. The zero-order valence-corrected chi connectivity index (χ0v) is 15.3. The van der Waals surface area contributed by atoms with Crippen molar-refractivity contribution in [1.82, 2.24) is 0 Å². The highest BCUT2D eigenvalue weighted by Crippen LogP contribution is 2.64. The van der Waals surface area contributed by atoms with Crippen LogP contribution < -0.4 is 9.46 Å². The average Bonchev–Trinajstić information content (AvgIpc) is 2.83. The maximum atomic E-state index is 12.7. The largest absolute Gasteiger partial charge is 0.494 e. The van der Waals surface area contributed by atoms with Crippen LogP contribution in [0, 0.1) is 16.7 Å². The number of ketones is 1. The molecule has 132 valence electrons. The lowest BCUT2D eigenvalue weighted by molar-refractivity contribution is -0.128. The van der Waals surface area contributed by atoms with E-state index in [1.165, 1.54) is 0 Å². The van der Waals surface area contributed by atoms with Gasteiger partial charge in [-0.05, 0) is 55.4 Å². The second kappa shape index (κ2) is 5.76. The van der Waals surface area contributed by atoms with E-state index in [9.17, 15) is 13.2 Å². The van der Waals surface area contributed by atoms with Crippen molar-refractivity contribution in [2.24, 2.45) is 16.7 Å². The molecule has 0 saturated heterocycles. The molecule has 2 atom stereocenters. The number of nitrogens with one attached hydrogen (secondary N) is 1. The molecule has 2 saturated carbocycles. The molecule has 1 aromatic rings. The molecule has 2 bridgehead atoms. The predicted molar refractivity (Wildman–Crippen MR) is 93.6 cm³/mol. The Labute approximate surface area is 143 Å². The highest BCUT2D eigenvalue weighted by atomic mass is 32.2. The molecular weight excluding hydrogens is 326 g/mol. The van der Waals surface area contributed by atoms with Crippen molar-refractivity contribution in [2.45, 2.75) is 40.0 Å². The van der Waals surface area contributed by atoms with Crippen LogP contribution in [-0.4, -0.2) is 26.6 Å². The molecule has 0 aromatic heterocycles. The van der Waals surface area contributed by atoms with Crippen LogP contribution >= 0.6 is 0 Å². The lowest BCUT2D eigenvalue weighted by Gasteiger charge is -2.36. The van der Waals surface area contributed by atoms with Gasteiger partial charge in [0.15, 0.2) is 0 Å². The van der Waals surface area contributed by atoms with Crippen LogP contribution in [0.15, 0.2) is 24.3 Å². The van der Waals surface area contributed by atoms with Gasteiger partial charge in [0.2, 0.25) is 10.0 Å². The van der Waals surface area contributed by atoms with E-state index < -0.39 is 15.4 Å². The molecule has 2 aliphatic carbocycles. The summed E-state index contributed by atoms with van der Waals surface area (Å²) in [5.74, 6) is 0.992. The third-order valence-corrected chi connectivity index (χ3v) is 7.43. The number of ether oxygens (including phenoxy) is 1. The molecule has 2 aliphatic rings. The summed E-state index contributed by atoms with van der Waals surface area (Å²) < 4.78 is 33.3. The number of sulfonamides is 1. The Morgan fingerprint density at radius 3 is 2.42 bits per heavy atom. The van der Waals surface area contributed by atoms with Crippen LogP contribution in [0.1, 0.15) is 40.0 Å². The minimum atomic E-state index is -3.60. The molecule has 0 amide bonds. The van der Waals surface area contributed by atoms with E-state index in [0.717, 1.165) is 6.42 Å². The smallest absolute Gasteiger partial charge is 0.233 e. The Morgan fingerprint density at radius 2 is 1.92 bits per heavy atom. The fourth-order valence-electron chi connectivity index (χ4n) is 4.43. The van der Waals surface area contributed by atoms with Gasteiger partial charge in [0.05, 0.1) is 17.8 Å². The molecule has 5 nitrogen and oxygen atoms in total. The fourth-order valence-corrected chi connectivity index (χ4v) is 6.33. The topological polar surface area (TPSA) is 72.5 Å². The quantitative estimate of drug-likeness (QED) is 0.854. The summed E-state index contributed by atoms with van der Waals surface area (Å²) in [5.41, 5.74) is -0.500. The number of anilines is 1. The molecule has 0 heterocycles. The van der Waals surface area contributed by atoms with Gasteiger partial charge in [0.25, 0.3) is 0 Å². The van der Waals surface area contributed by atoms with E-state index in [-0.39, 0.29) is 17.0 Å². The maximum Gasteiger partial charge on any atom is 0.233 e. The summed E-state index contributed by atoms with van der Waals surface area (Å²) in [5, 5.41) is 0. The monoisotopic (exact) mass is 351 g/mol. The van der Waals surface area contributed by atoms with Crippen molar-refractivity contribution >= 4 is 21.5 Å². The van der Waals surface area contributed by atoms with Crippen LogP contribution in [0.4, 0.5) is 5.69 Å². The molecule has 0 radical (unpaired) electrons. The van der Waals surface area contributed by atoms with Gasteiger partial charge in [-0.3, -0.25) is 9.52 Å². The summed E-state index contributed by atoms with van der Waals surface area (Å²) in [4.78, 5) is 12.5. The number of carbonyl (C=O) groups excluding carboxylic acids is 1. The summed E-state index contributed by atoms with van der Waals surface area (Å²) in [6.45, 7) is 6.54. The highest BCUT2D eigenvalue weighted by molar-refractivity contribution is 7.92. The number of hydrogen-bond donors (Lipinski definition) is 1. The molecule has 2 fully saturated rings. The van der Waals surface area contributed by atoms with Crippen LogP contribution in [-0.2, 0) is 14.8 Å². The van der Waals surface area contributed by atoms with Gasteiger partial charge >= 0.3 is 0 Å². The number of benzene rings is 1. The summed E-state index contributed by atoms with van der Waals surface area (Å²) in [6, 6.07) is 6.82. The van der Waals surface area contributed by atoms with Gasteiger partial charge in [-0.15, -0.1) is 0 Å². The maximum absolute atomic E-state index is 12.7. The predicted octanol–water partition coefficient (Wildman–Crippen LogP) is 3.22. The third-order valence-electron chi connectivity index (χ3n) is 6.01. The summed E-state index contributed by atoms with van der Waals surface area (Å²) in [6.07, 6.45) is 2.14. The minimum Gasteiger partial charge on any atom is -0.494 e. The zero-order valence-electron chi connectivity index (χ0n) is 14.5.